The van der Waals surface area contributed by atoms with Crippen LogP contribution in [0.5, 0.6) is 0 Å². The number of hydrogen-bond donors (Lipinski definition) is 2. The van der Waals surface area contributed by atoms with E-state index in [2.05, 4.69) is 14.9 Å². The van der Waals surface area contributed by atoms with Crippen molar-refractivity contribution in [2.24, 2.45) is 7.05 Å². The van der Waals surface area contributed by atoms with E-state index in [1.807, 2.05) is 0 Å². The van der Waals surface area contributed by atoms with Gasteiger partial charge in [0.25, 0.3) is 0 Å². The maximum atomic E-state index is 12.0. The molecule has 20 heavy (non-hydrogen) atoms. The molecule has 2 aromatic heterocycles. The van der Waals surface area contributed by atoms with Crippen LogP contribution in [0, 0.1) is 0 Å². The number of aryl methyl sites for hydroxylation is 1. The summed E-state index contributed by atoms with van der Waals surface area (Å²) in [5.74, 6) is -0.620. The van der Waals surface area contributed by atoms with Gasteiger partial charge in [-0.05, 0) is 11.4 Å². The third-order valence-electron chi connectivity index (χ3n) is 2.56. The lowest BCUT2D eigenvalue weighted by Crippen LogP contribution is -2.27. The van der Waals surface area contributed by atoms with Crippen LogP contribution in [0.4, 0.5) is 0 Å². The Morgan fingerprint density at radius 1 is 1.55 bits per heavy atom. The van der Waals surface area contributed by atoms with Crippen molar-refractivity contribution in [3.05, 3.63) is 28.5 Å². The van der Waals surface area contributed by atoms with E-state index in [-0.39, 0.29) is 16.3 Å². The van der Waals surface area contributed by atoms with E-state index >= 15 is 0 Å². The number of aromatic nitrogens is 3. The van der Waals surface area contributed by atoms with Gasteiger partial charge in [0.2, 0.25) is 10.0 Å². The van der Waals surface area contributed by atoms with Gasteiger partial charge >= 0.3 is 5.97 Å². The van der Waals surface area contributed by atoms with Crippen LogP contribution < -0.4 is 4.72 Å². The number of carboxylic acid groups (broad SMARTS) is 1. The van der Waals surface area contributed by atoms with Crippen LogP contribution >= 0.6 is 11.3 Å². The van der Waals surface area contributed by atoms with Gasteiger partial charge in [-0.3, -0.25) is 0 Å². The van der Waals surface area contributed by atoms with Crippen LogP contribution in [0.1, 0.15) is 15.5 Å². The number of carboxylic acids is 1. The summed E-state index contributed by atoms with van der Waals surface area (Å²) in [6, 6.07) is 1.28. The summed E-state index contributed by atoms with van der Waals surface area (Å²) >= 11 is 0.873. The van der Waals surface area contributed by atoms with Gasteiger partial charge in [0.05, 0.1) is 0 Å². The van der Waals surface area contributed by atoms with Crippen molar-refractivity contribution in [3.63, 3.8) is 0 Å². The van der Waals surface area contributed by atoms with Crippen molar-refractivity contribution in [2.75, 3.05) is 6.54 Å². The van der Waals surface area contributed by atoms with Crippen LogP contribution in [0.15, 0.2) is 22.7 Å². The van der Waals surface area contributed by atoms with E-state index in [1.165, 1.54) is 17.8 Å². The van der Waals surface area contributed by atoms with Gasteiger partial charge in [0.1, 0.15) is 21.9 Å². The fourth-order valence-corrected chi connectivity index (χ4v) is 3.86. The summed E-state index contributed by atoms with van der Waals surface area (Å²) in [5, 5.41) is 17.9. The number of nitrogens with zero attached hydrogens (tertiary/aromatic N) is 3. The van der Waals surface area contributed by atoms with E-state index in [0.717, 1.165) is 11.3 Å². The van der Waals surface area contributed by atoms with Crippen LogP contribution in [-0.2, 0) is 23.5 Å². The summed E-state index contributed by atoms with van der Waals surface area (Å²) in [4.78, 5) is 10.5. The molecule has 8 nitrogen and oxygen atoms in total. The van der Waals surface area contributed by atoms with Crippen molar-refractivity contribution in [1.29, 1.82) is 0 Å². The Kier molecular flexibility index (Phi) is 4.16. The van der Waals surface area contributed by atoms with E-state index in [0.29, 0.717) is 12.2 Å². The molecule has 0 saturated carbocycles. The highest BCUT2D eigenvalue weighted by molar-refractivity contribution is 7.89. The lowest BCUT2D eigenvalue weighted by Gasteiger charge is -2.06. The Morgan fingerprint density at radius 3 is 2.90 bits per heavy atom. The van der Waals surface area contributed by atoms with Crippen LogP contribution in [0.3, 0.4) is 0 Å². The van der Waals surface area contributed by atoms with Gasteiger partial charge in [-0.2, -0.15) is 0 Å². The molecule has 0 unspecified atom stereocenters. The fraction of sp³-hybridized carbons (Fsp3) is 0.300. The molecule has 2 rings (SSSR count). The Bertz CT molecular complexity index is 719. The molecular weight excluding hydrogens is 304 g/mol. The summed E-state index contributed by atoms with van der Waals surface area (Å²) in [7, 11) is -2.08. The molecule has 10 heteroatoms. The predicted molar refractivity (Wildman–Crippen MR) is 71.2 cm³/mol. The summed E-state index contributed by atoms with van der Waals surface area (Å²) in [5.41, 5.74) is 0. The van der Waals surface area contributed by atoms with E-state index in [9.17, 15) is 13.2 Å². The summed E-state index contributed by atoms with van der Waals surface area (Å²) < 4.78 is 28.1. The van der Waals surface area contributed by atoms with Crippen molar-refractivity contribution in [2.45, 2.75) is 11.3 Å². The zero-order valence-corrected chi connectivity index (χ0v) is 12.1. The third kappa shape index (κ3) is 3.03. The molecule has 108 valence electrons. The van der Waals surface area contributed by atoms with Gasteiger partial charge in [-0.15, -0.1) is 21.5 Å². The quantitative estimate of drug-likeness (QED) is 0.781. The molecular formula is C10H12N4O4S2. The minimum atomic E-state index is -3.84. The van der Waals surface area contributed by atoms with Crippen molar-refractivity contribution >= 4 is 27.3 Å². The smallest absolute Gasteiger partial charge is 0.347 e. The molecule has 0 aliphatic carbocycles. The van der Waals surface area contributed by atoms with Gasteiger partial charge in [-0.1, -0.05) is 0 Å². The van der Waals surface area contributed by atoms with Gasteiger partial charge < -0.3 is 9.67 Å². The molecule has 0 fully saturated rings. The highest BCUT2D eigenvalue weighted by Gasteiger charge is 2.23. The molecule has 0 saturated heterocycles. The number of thiophene rings is 1. The number of sulfonamides is 1. The van der Waals surface area contributed by atoms with Crippen molar-refractivity contribution in [3.8, 4) is 0 Å². The number of carbonyl (C=O) groups is 1. The molecule has 0 bridgehead atoms. The summed E-state index contributed by atoms with van der Waals surface area (Å²) in [6.45, 7) is 0.115. The Hall–Kier alpha value is -1.78. The highest BCUT2D eigenvalue weighted by Crippen LogP contribution is 2.21. The minimum Gasteiger partial charge on any atom is -0.477 e. The SMILES string of the molecule is Cn1cnnc1CCNS(=O)(=O)c1ccsc1C(=O)O. The first-order valence-electron chi connectivity index (χ1n) is 5.55. The number of rotatable bonds is 6. The molecule has 0 aliphatic heterocycles. The molecule has 0 spiro atoms. The highest BCUT2D eigenvalue weighted by atomic mass is 32.2. The molecule has 2 N–H and O–H groups in total. The molecule has 0 aromatic carbocycles. The van der Waals surface area contributed by atoms with Gasteiger partial charge in [0, 0.05) is 20.0 Å². The fourth-order valence-electron chi connectivity index (χ4n) is 1.57. The van der Waals surface area contributed by atoms with E-state index in [4.69, 9.17) is 5.11 Å². The first-order chi connectivity index (χ1) is 9.42. The van der Waals surface area contributed by atoms with Crippen LogP contribution in [0.25, 0.3) is 0 Å². The van der Waals surface area contributed by atoms with Crippen molar-refractivity contribution < 1.29 is 18.3 Å². The lowest BCUT2D eigenvalue weighted by molar-refractivity contribution is 0.0698. The zero-order valence-electron chi connectivity index (χ0n) is 10.5. The predicted octanol–water partition coefficient (Wildman–Crippen LogP) is 0.0958. The second-order valence-corrected chi connectivity index (χ2v) is 6.58. The van der Waals surface area contributed by atoms with Gasteiger partial charge in [-0.25, -0.2) is 17.9 Å². The van der Waals surface area contributed by atoms with Crippen molar-refractivity contribution in [1.82, 2.24) is 19.5 Å². The van der Waals surface area contributed by atoms with E-state index < -0.39 is 16.0 Å². The Balaban J connectivity index is 2.06. The number of hydrogen-bond acceptors (Lipinski definition) is 6. The maximum Gasteiger partial charge on any atom is 0.347 e. The van der Waals surface area contributed by atoms with Crippen LogP contribution in [0.2, 0.25) is 0 Å². The average Bonchev–Trinajstić information content (AvgIpc) is 2.98. The second-order valence-electron chi connectivity index (χ2n) is 3.92. The minimum absolute atomic E-state index is 0.115. The number of nitrogens with one attached hydrogen (secondary N) is 1. The maximum absolute atomic E-state index is 12.0. The van der Waals surface area contributed by atoms with Crippen LogP contribution in [-0.4, -0.2) is 40.8 Å². The molecule has 0 atom stereocenters. The molecule has 0 aliphatic rings. The monoisotopic (exact) mass is 316 g/mol. The normalized spacial score (nSPS) is 11.7. The Labute approximate surface area is 119 Å². The Morgan fingerprint density at radius 2 is 2.30 bits per heavy atom. The van der Waals surface area contributed by atoms with E-state index in [1.54, 1.807) is 11.6 Å². The second kappa shape index (κ2) is 5.69. The zero-order chi connectivity index (χ0) is 14.8. The first-order valence-corrected chi connectivity index (χ1v) is 7.91. The first kappa shape index (κ1) is 14.6. The standard InChI is InChI=1S/C10H12N4O4S2/c1-14-6-11-13-8(14)2-4-12-20(17,18)7-3-5-19-9(7)10(15)16/h3,5-6,12H,2,4H2,1H3,(H,15,16). The lowest BCUT2D eigenvalue weighted by atomic mass is 10.4. The molecule has 2 heterocycles. The molecule has 0 radical (unpaired) electrons. The summed E-state index contributed by atoms with van der Waals surface area (Å²) in [6.07, 6.45) is 1.88. The molecule has 2 aromatic rings. The largest absolute Gasteiger partial charge is 0.477 e. The third-order valence-corrected chi connectivity index (χ3v) is 5.09. The van der Waals surface area contributed by atoms with Gasteiger partial charge in [0.15, 0.2) is 0 Å². The topological polar surface area (TPSA) is 114 Å². The number of aromatic carboxylic acids is 1. The average molecular weight is 316 g/mol. The molecule has 0 amide bonds.